The summed E-state index contributed by atoms with van der Waals surface area (Å²) in [7, 11) is 1.32. The Bertz CT molecular complexity index is 403. The van der Waals surface area contributed by atoms with Crippen molar-refractivity contribution < 1.29 is 13.2 Å². The van der Waals surface area contributed by atoms with Gasteiger partial charge in [0.2, 0.25) is 0 Å². The third-order valence-corrected chi connectivity index (χ3v) is 2.54. The highest BCUT2D eigenvalue weighted by Gasteiger charge is 2.30. The van der Waals surface area contributed by atoms with Gasteiger partial charge in [0, 0.05) is 19.2 Å². The first kappa shape index (κ1) is 13.7. The molecule has 0 spiro atoms. The molecule has 2 N–H and O–H groups in total. The van der Waals surface area contributed by atoms with Crippen molar-refractivity contribution in [3.05, 3.63) is 16.8 Å². The Morgan fingerprint density at radius 3 is 2.29 bits per heavy atom. The van der Waals surface area contributed by atoms with Gasteiger partial charge in [-0.1, -0.05) is 0 Å². The summed E-state index contributed by atoms with van der Waals surface area (Å²) in [4.78, 5) is 1.02. The Balaban J connectivity index is 3.10. The lowest BCUT2D eigenvalue weighted by Crippen LogP contribution is -2.33. The quantitative estimate of drug-likeness (QED) is 0.881. The summed E-state index contributed by atoms with van der Waals surface area (Å²) in [5.74, 6) is 0.188. The molecule has 17 heavy (non-hydrogen) atoms. The number of anilines is 1. The normalized spacial score (nSPS) is 11.7. The molecular weight excluding hydrogens is 233 g/mol. The van der Waals surface area contributed by atoms with E-state index < -0.39 is 12.7 Å². The molecule has 1 rings (SSSR count). The van der Waals surface area contributed by atoms with E-state index in [4.69, 9.17) is 5.73 Å². The molecule has 0 bridgehead atoms. The Labute approximate surface area is 97.6 Å². The number of halogens is 3. The zero-order valence-electron chi connectivity index (χ0n) is 9.97. The topological polar surface area (TPSA) is 55.0 Å². The fraction of sp³-hybridized carbons (Fsp3) is 0.600. The van der Waals surface area contributed by atoms with Gasteiger partial charge < -0.3 is 10.6 Å². The van der Waals surface area contributed by atoms with Crippen molar-refractivity contribution in [2.75, 3.05) is 18.5 Å². The summed E-state index contributed by atoms with van der Waals surface area (Å²) in [5.41, 5.74) is 7.61. The molecule has 1 aromatic heterocycles. The lowest BCUT2D eigenvalue weighted by molar-refractivity contribution is -0.119. The second-order valence-corrected chi connectivity index (χ2v) is 3.89. The van der Waals surface area contributed by atoms with Crippen LogP contribution >= 0.6 is 0 Å². The number of nitrogens with zero attached hydrogens (tertiary/aromatic N) is 3. The summed E-state index contributed by atoms with van der Waals surface area (Å²) >= 11 is 0. The van der Waals surface area contributed by atoms with E-state index in [1.165, 1.54) is 7.05 Å². The maximum Gasteiger partial charge on any atom is 0.405 e. The van der Waals surface area contributed by atoms with E-state index in [1.54, 1.807) is 13.8 Å². The minimum Gasteiger partial charge on any atom is -0.349 e. The Morgan fingerprint density at radius 1 is 1.24 bits per heavy atom. The number of rotatable bonds is 3. The van der Waals surface area contributed by atoms with Crippen molar-refractivity contribution in [3.8, 4) is 0 Å². The van der Waals surface area contributed by atoms with Crippen molar-refractivity contribution in [1.29, 1.82) is 0 Å². The summed E-state index contributed by atoms with van der Waals surface area (Å²) in [6, 6.07) is 0. The molecule has 0 saturated carbocycles. The van der Waals surface area contributed by atoms with Gasteiger partial charge in [0.15, 0.2) is 5.82 Å². The molecule has 0 fully saturated rings. The maximum absolute atomic E-state index is 12.3. The van der Waals surface area contributed by atoms with E-state index in [9.17, 15) is 13.2 Å². The maximum atomic E-state index is 12.3. The zero-order valence-corrected chi connectivity index (χ0v) is 9.97. The molecule has 0 unspecified atom stereocenters. The number of aromatic nitrogens is 2. The predicted molar refractivity (Wildman–Crippen MR) is 58.7 cm³/mol. The highest BCUT2D eigenvalue weighted by Crippen LogP contribution is 2.24. The molecule has 7 heteroatoms. The molecule has 96 valence electrons. The standard InChI is InChI=1S/C10H15F3N4/c1-6-7(2)15-16-9(8(6)4-14)17(3)5-10(11,12)13/h4-5,14H2,1-3H3. The Morgan fingerprint density at radius 2 is 1.82 bits per heavy atom. The molecule has 0 aliphatic rings. The molecule has 0 saturated heterocycles. The van der Waals surface area contributed by atoms with Gasteiger partial charge in [-0.2, -0.15) is 18.3 Å². The van der Waals surface area contributed by atoms with Crippen LogP contribution in [0.25, 0.3) is 0 Å². The van der Waals surface area contributed by atoms with Gasteiger partial charge >= 0.3 is 6.18 Å². The highest BCUT2D eigenvalue weighted by atomic mass is 19.4. The monoisotopic (exact) mass is 248 g/mol. The van der Waals surface area contributed by atoms with Crippen LogP contribution in [0.2, 0.25) is 0 Å². The fourth-order valence-electron chi connectivity index (χ4n) is 1.54. The SMILES string of the molecule is Cc1nnc(N(C)CC(F)(F)F)c(CN)c1C. The lowest BCUT2D eigenvalue weighted by atomic mass is 10.1. The fourth-order valence-corrected chi connectivity index (χ4v) is 1.54. The van der Waals surface area contributed by atoms with Crippen molar-refractivity contribution in [3.63, 3.8) is 0 Å². The zero-order chi connectivity index (χ0) is 13.2. The van der Waals surface area contributed by atoms with Crippen LogP contribution in [-0.2, 0) is 6.54 Å². The van der Waals surface area contributed by atoms with Gasteiger partial charge in [-0.05, 0) is 19.4 Å². The van der Waals surface area contributed by atoms with Crippen LogP contribution in [-0.4, -0.2) is 30.0 Å². The average Bonchev–Trinajstić information content (AvgIpc) is 2.19. The van der Waals surface area contributed by atoms with Gasteiger partial charge in [-0.15, -0.1) is 5.10 Å². The minimum atomic E-state index is -4.28. The van der Waals surface area contributed by atoms with E-state index in [-0.39, 0.29) is 12.4 Å². The highest BCUT2D eigenvalue weighted by molar-refractivity contribution is 5.50. The van der Waals surface area contributed by atoms with Gasteiger partial charge in [0.05, 0.1) is 5.69 Å². The second-order valence-electron chi connectivity index (χ2n) is 3.89. The molecule has 1 heterocycles. The van der Waals surface area contributed by atoms with Crippen LogP contribution in [0, 0.1) is 13.8 Å². The van der Waals surface area contributed by atoms with Crippen molar-refractivity contribution in [2.45, 2.75) is 26.6 Å². The molecular formula is C10H15F3N4. The van der Waals surface area contributed by atoms with Gasteiger partial charge in [0.1, 0.15) is 6.54 Å². The summed E-state index contributed by atoms with van der Waals surface area (Å²) in [6.45, 7) is 2.59. The first-order chi connectivity index (χ1) is 7.76. The molecule has 0 aliphatic carbocycles. The molecule has 0 atom stereocenters. The summed E-state index contributed by atoms with van der Waals surface area (Å²) in [6.07, 6.45) is -4.28. The lowest BCUT2D eigenvalue weighted by Gasteiger charge is -2.22. The van der Waals surface area contributed by atoms with E-state index in [0.29, 0.717) is 11.3 Å². The van der Waals surface area contributed by atoms with Gasteiger partial charge in [-0.3, -0.25) is 0 Å². The van der Waals surface area contributed by atoms with Crippen molar-refractivity contribution in [1.82, 2.24) is 10.2 Å². The molecule has 0 aliphatic heterocycles. The van der Waals surface area contributed by atoms with Crippen molar-refractivity contribution in [2.24, 2.45) is 5.73 Å². The van der Waals surface area contributed by atoms with Crippen LogP contribution in [0.4, 0.5) is 19.0 Å². The third-order valence-electron chi connectivity index (χ3n) is 2.54. The number of nitrogens with two attached hydrogens (primary N) is 1. The van der Waals surface area contributed by atoms with Crippen molar-refractivity contribution >= 4 is 5.82 Å². The molecule has 0 radical (unpaired) electrons. The first-order valence-corrected chi connectivity index (χ1v) is 5.07. The second kappa shape index (κ2) is 4.87. The Hall–Kier alpha value is -1.37. The van der Waals surface area contributed by atoms with Gasteiger partial charge in [0.25, 0.3) is 0 Å². The largest absolute Gasteiger partial charge is 0.405 e. The number of aryl methyl sites for hydroxylation is 1. The predicted octanol–water partition coefficient (Wildman–Crippen LogP) is 1.55. The number of hydrogen-bond acceptors (Lipinski definition) is 4. The third kappa shape index (κ3) is 3.29. The summed E-state index contributed by atoms with van der Waals surface area (Å²) < 4.78 is 36.9. The van der Waals surface area contributed by atoms with E-state index in [1.807, 2.05) is 0 Å². The average molecular weight is 248 g/mol. The van der Waals surface area contributed by atoms with E-state index >= 15 is 0 Å². The molecule has 4 nitrogen and oxygen atoms in total. The first-order valence-electron chi connectivity index (χ1n) is 5.07. The molecule has 1 aromatic rings. The molecule has 0 amide bonds. The van der Waals surface area contributed by atoms with Crippen LogP contribution in [0.5, 0.6) is 0 Å². The number of alkyl halides is 3. The molecule has 0 aromatic carbocycles. The van der Waals surface area contributed by atoms with Crippen LogP contribution in [0.15, 0.2) is 0 Å². The smallest absolute Gasteiger partial charge is 0.349 e. The van der Waals surface area contributed by atoms with E-state index in [2.05, 4.69) is 10.2 Å². The number of hydrogen-bond donors (Lipinski definition) is 1. The van der Waals surface area contributed by atoms with Crippen LogP contribution < -0.4 is 10.6 Å². The van der Waals surface area contributed by atoms with E-state index in [0.717, 1.165) is 10.5 Å². The Kier molecular flexibility index (Phi) is 3.92. The minimum absolute atomic E-state index is 0.139. The summed E-state index contributed by atoms with van der Waals surface area (Å²) in [5, 5.41) is 7.61. The van der Waals surface area contributed by atoms with Crippen LogP contribution in [0.3, 0.4) is 0 Å². The van der Waals surface area contributed by atoms with Gasteiger partial charge in [-0.25, -0.2) is 0 Å². The van der Waals surface area contributed by atoms with Crippen LogP contribution in [0.1, 0.15) is 16.8 Å².